The van der Waals surface area contributed by atoms with Gasteiger partial charge in [0.05, 0.1) is 26.7 Å². The van der Waals surface area contributed by atoms with Crippen LogP contribution in [0.3, 0.4) is 0 Å². The summed E-state index contributed by atoms with van der Waals surface area (Å²) in [6, 6.07) is 8.53. The molecule has 3 aromatic heterocycles. The maximum Gasteiger partial charge on any atom is 0.433 e. The van der Waals surface area contributed by atoms with Crippen LogP contribution in [0.5, 0.6) is 0 Å². The number of anilines is 1. The number of carbonyl (C=O) groups is 3. The Bertz CT molecular complexity index is 1850. The Morgan fingerprint density at radius 2 is 1.85 bits per heavy atom. The van der Waals surface area contributed by atoms with Crippen molar-refractivity contribution >= 4 is 45.0 Å². The fourth-order valence-electron chi connectivity index (χ4n) is 6.07. The highest BCUT2D eigenvalue weighted by Gasteiger charge is 2.33. The number of hydrogen-bond acceptors (Lipinski definition) is 9. The number of aromatic nitrogens is 3. The average molecular weight is 667 g/mol. The lowest BCUT2D eigenvalue weighted by Crippen LogP contribution is -2.39. The van der Waals surface area contributed by atoms with E-state index in [1.165, 1.54) is 17.4 Å². The molecule has 0 saturated carbocycles. The molecule has 2 aliphatic rings. The van der Waals surface area contributed by atoms with Crippen LogP contribution in [0.1, 0.15) is 89.2 Å². The van der Waals surface area contributed by atoms with E-state index in [2.05, 4.69) is 25.5 Å². The Morgan fingerprint density at radius 1 is 1.09 bits per heavy atom. The molecule has 2 aliphatic heterocycles. The van der Waals surface area contributed by atoms with E-state index in [1.807, 2.05) is 6.07 Å². The van der Waals surface area contributed by atoms with Crippen LogP contribution in [-0.2, 0) is 27.9 Å². The highest BCUT2D eigenvalue weighted by molar-refractivity contribution is 7.18. The third-order valence-corrected chi connectivity index (χ3v) is 9.71. The van der Waals surface area contributed by atoms with Crippen molar-refractivity contribution < 1.29 is 32.7 Å². The van der Waals surface area contributed by atoms with Crippen molar-refractivity contribution in [3.63, 3.8) is 0 Å². The number of aliphatic hydroxyl groups is 1. The number of fused-ring (bicyclic) bond motifs is 1. The van der Waals surface area contributed by atoms with Crippen LogP contribution in [0.4, 0.5) is 18.9 Å². The number of likely N-dealkylation sites (tertiary alicyclic amines) is 1. The first-order chi connectivity index (χ1) is 22.2. The van der Waals surface area contributed by atoms with Crippen LogP contribution >= 0.6 is 11.3 Å². The van der Waals surface area contributed by atoms with Crippen molar-refractivity contribution in [2.75, 3.05) is 18.4 Å². The predicted octanol–water partition coefficient (Wildman–Crippen LogP) is 5.48. The Balaban J connectivity index is 1.15. The molecule has 2 fully saturated rings. The van der Waals surface area contributed by atoms with Gasteiger partial charge in [-0.2, -0.15) is 13.2 Å². The van der Waals surface area contributed by atoms with E-state index in [0.717, 1.165) is 58.9 Å². The number of benzene rings is 1. The summed E-state index contributed by atoms with van der Waals surface area (Å²) in [4.78, 5) is 51.9. The van der Waals surface area contributed by atoms with Crippen LogP contribution in [0.15, 0.2) is 48.8 Å². The number of imide groups is 1. The van der Waals surface area contributed by atoms with Gasteiger partial charge in [0, 0.05) is 42.5 Å². The number of hydrogen-bond donors (Lipinski definition) is 3. The van der Waals surface area contributed by atoms with Crippen molar-refractivity contribution in [2.45, 2.75) is 69.7 Å². The van der Waals surface area contributed by atoms with Crippen molar-refractivity contribution in [1.29, 1.82) is 0 Å². The van der Waals surface area contributed by atoms with Gasteiger partial charge in [-0.05, 0) is 81.6 Å². The lowest BCUT2D eigenvalue weighted by Gasteiger charge is -2.31. The molecule has 6 rings (SSSR count). The average Bonchev–Trinajstić information content (AvgIpc) is 3.43. The third kappa shape index (κ3) is 7.34. The Hall–Kier alpha value is -4.27. The summed E-state index contributed by atoms with van der Waals surface area (Å²) < 4.78 is 40.3. The summed E-state index contributed by atoms with van der Waals surface area (Å²) in [5.74, 6) is -1.53. The first-order valence-corrected chi connectivity index (χ1v) is 16.1. The van der Waals surface area contributed by atoms with Crippen molar-refractivity contribution in [3.05, 3.63) is 81.9 Å². The van der Waals surface area contributed by atoms with Gasteiger partial charge in [0.2, 0.25) is 11.8 Å². The summed E-state index contributed by atoms with van der Waals surface area (Å²) in [5.41, 5.74) is 0.185. The maximum atomic E-state index is 13.2. The molecule has 1 atom stereocenters. The second-order valence-corrected chi connectivity index (χ2v) is 13.6. The Labute approximate surface area is 272 Å². The highest BCUT2D eigenvalue weighted by Crippen LogP contribution is 2.39. The number of thiazole rings is 1. The van der Waals surface area contributed by atoms with Crippen LogP contribution in [0.2, 0.25) is 0 Å². The van der Waals surface area contributed by atoms with E-state index in [-0.39, 0.29) is 29.3 Å². The van der Waals surface area contributed by atoms with E-state index < -0.39 is 29.1 Å². The molecule has 14 heteroatoms. The number of nitrogens with zero attached hydrogens (tertiary/aromatic N) is 4. The molecule has 246 valence electrons. The number of carbonyl (C=O) groups excluding carboxylic acids is 3. The van der Waals surface area contributed by atoms with Gasteiger partial charge >= 0.3 is 6.18 Å². The van der Waals surface area contributed by atoms with E-state index in [9.17, 15) is 32.7 Å². The van der Waals surface area contributed by atoms with Crippen molar-refractivity contribution in [1.82, 2.24) is 25.2 Å². The molecule has 5 heterocycles. The number of halogens is 3. The number of rotatable bonds is 7. The van der Waals surface area contributed by atoms with E-state index in [1.54, 1.807) is 38.4 Å². The van der Waals surface area contributed by atoms with Crippen LogP contribution < -0.4 is 10.6 Å². The second-order valence-electron chi connectivity index (χ2n) is 12.5. The van der Waals surface area contributed by atoms with Gasteiger partial charge in [0.1, 0.15) is 11.4 Å². The molecule has 10 nitrogen and oxygen atoms in total. The molecule has 3 N–H and O–H groups in total. The highest BCUT2D eigenvalue weighted by atomic mass is 32.1. The predicted molar refractivity (Wildman–Crippen MR) is 169 cm³/mol. The summed E-state index contributed by atoms with van der Waals surface area (Å²) in [6.45, 7) is 5.45. The largest absolute Gasteiger partial charge is 0.433 e. The fourth-order valence-corrected chi connectivity index (χ4v) is 7.23. The Kier molecular flexibility index (Phi) is 8.85. The second kappa shape index (κ2) is 12.7. The SMILES string of the molecule is CC(C)(O)c1cc2nc(C3CCN(Cc4cncc(C5CCC(=O)NC5=O)c4)CC3)sc2cc1NC(=O)c1cccc(C(F)(F)F)n1. The summed E-state index contributed by atoms with van der Waals surface area (Å²) in [5, 5.41) is 16.9. The van der Waals surface area contributed by atoms with Gasteiger partial charge in [0.15, 0.2) is 0 Å². The molecular formula is C33H33F3N6O4S. The number of piperidine rings is 2. The van der Waals surface area contributed by atoms with E-state index in [4.69, 9.17) is 4.98 Å². The number of amides is 3. The molecule has 0 bridgehead atoms. The van der Waals surface area contributed by atoms with Crippen LogP contribution in [0.25, 0.3) is 10.2 Å². The molecule has 0 aliphatic carbocycles. The molecule has 2 saturated heterocycles. The van der Waals surface area contributed by atoms with Gasteiger partial charge < -0.3 is 10.4 Å². The number of nitrogens with one attached hydrogen (secondary N) is 2. The van der Waals surface area contributed by atoms with Gasteiger partial charge in [-0.1, -0.05) is 12.1 Å². The van der Waals surface area contributed by atoms with E-state index in [0.29, 0.717) is 30.5 Å². The lowest BCUT2D eigenvalue weighted by molar-refractivity contribution is -0.141. The molecular weight excluding hydrogens is 633 g/mol. The van der Waals surface area contributed by atoms with Gasteiger partial charge in [0.25, 0.3) is 5.91 Å². The number of pyridine rings is 2. The van der Waals surface area contributed by atoms with E-state index >= 15 is 0 Å². The third-order valence-electron chi connectivity index (χ3n) is 8.52. The zero-order valence-corrected chi connectivity index (χ0v) is 26.5. The van der Waals surface area contributed by atoms with Crippen molar-refractivity contribution in [2.24, 2.45) is 0 Å². The van der Waals surface area contributed by atoms with Crippen LogP contribution in [-0.4, -0.2) is 55.8 Å². The minimum absolute atomic E-state index is 0.203. The topological polar surface area (TPSA) is 137 Å². The zero-order valence-electron chi connectivity index (χ0n) is 25.7. The summed E-state index contributed by atoms with van der Waals surface area (Å²) in [7, 11) is 0. The van der Waals surface area contributed by atoms with Gasteiger partial charge in [-0.15, -0.1) is 11.3 Å². The zero-order chi connectivity index (χ0) is 33.5. The molecule has 1 aromatic carbocycles. The minimum atomic E-state index is -4.69. The minimum Gasteiger partial charge on any atom is -0.386 e. The number of alkyl halides is 3. The molecule has 4 aromatic rings. The first kappa shape index (κ1) is 32.7. The lowest BCUT2D eigenvalue weighted by atomic mass is 9.91. The molecule has 0 radical (unpaired) electrons. The quantitative estimate of drug-likeness (QED) is 0.221. The molecule has 3 amide bonds. The summed E-state index contributed by atoms with van der Waals surface area (Å²) in [6.07, 6.45) is 1.31. The standard InChI is InChI=1S/C33H33F3N6O4S/c1-32(2,46)22-13-25-26(14-24(22)39-30(45)23-4-3-5-27(38-23)33(34,35)36)47-31(40-25)19-8-10-42(11-9-19)17-18-12-20(16-37-15-18)21-6-7-28(43)41-29(21)44/h3-5,12-16,19,21,46H,6-11,17H2,1-2H3,(H,39,45)(H,41,43,44). The Morgan fingerprint density at radius 3 is 2.55 bits per heavy atom. The van der Waals surface area contributed by atoms with Gasteiger partial charge in [-0.3, -0.25) is 29.6 Å². The normalized spacial score (nSPS) is 18.4. The first-order valence-electron chi connectivity index (χ1n) is 15.3. The maximum absolute atomic E-state index is 13.2. The smallest absolute Gasteiger partial charge is 0.386 e. The fraction of sp³-hybridized carbons (Fsp3) is 0.394. The van der Waals surface area contributed by atoms with Crippen molar-refractivity contribution in [3.8, 4) is 0 Å². The monoisotopic (exact) mass is 666 g/mol. The molecule has 1 unspecified atom stereocenters. The van der Waals surface area contributed by atoms with Crippen LogP contribution in [0, 0.1) is 0 Å². The van der Waals surface area contributed by atoms with Gasteiger partial charge in [-0.25, -0.2) is 9.97 Å². The molecule has 0 spiro atoms. The summed E-state index contributed by atoms with van der Waals surface area (Å²) >= 11 is 1.49. The molecule has 47 heavy (non-hydrogen) atoms.